The van der Waals surface area contributed by atoms with Gasteiger partial charge in [0.25, 0.3) is 0 Å². The minimum Gasteiger partial charge on any atom is -0.373 e. The predicted octanol–water partition coefficient (Wildman–Crippen LogP) is 5.77. The van der Waals surface area contributed by atoms with E-state index in [-0.39, 0.29) is 17.3 Å². The highest BCUT2D eigenvalue weighted by atomic mass is 35.5. The van der Waals surface area contributed by atoms with Crippen LogP contribution in [0.5, 0.6) is 0 Å². The zero-order valence-electron chi connectivity index (χ0n) is 16.9. The van der Waals surface area contributed by atoms with Gasteiger partial charge < -0.3 is 9.64 Å². The topological polar surface area (TPSA) is 25.4 Å². The van der Waals surface area contributed by atoms with Crippen LogP contribution in [0.25, 0.3) is 10.9 Å². The molecule has 29 heavy (non-hydrogen) atoms. The van der Waals surface area contributed by atoms with E-state index in [1.54, 1.807) is 18.3 Å². The Morgan fingerprint density at radius 2 is 1.90 bits per heavy atom. The standard InChI is InChI=1S/C24H26ClFN2O/c1-17(22-15-20(25)14-18-4-3-11-27-23(18)22)29-16-24(9-12-28(2)13-10-24)19-5-7-21(26)8-6-19/h3-8,11,14-15,17H,9-10,12-13,16H2,1-2H3. The summed E-state index contributed by atoms with van der Waals surface area (Å²) in [5.74, 6) is -0.206. The smallest absolute Gasteiger partial charge is 0.123 e. The zero-order chi connectivity index (χ0) is 20.4. The molecule has 0 amide bonds. The molecule has 1 aliphatic heterocycles. The molecule has 1 aliphatic rings. The van der Waals surface area contributed by atoms with Crippen LogP contribution in [0.15, 0.2) is 54.7 Å². The number of pyridine rings is 1. The molecule has 0 bridgehead atoms. The number of fused-ring (bicyclic) bond motifs is 1. The third-order valence-electron chi connectivity index (χ3n) is 6.15. The molecule has 0 N–H and O–H groups in total. The van der Waals surface area contributed by atoms with Crippen molar-refractivity contribution < 1.29 is 9.13 Å². The molecule has 1 aromatic heterocycles. The van der Waals surface area contributed by atoms with Crippen molar-refractivity contribution in [2.75, 3.05) is 26.7 Å². The number of nitrogens with zero attached hydrogens (tertiary/aromatic N) is 2. The van der Waals surface area contributed by atoms with Gasteiger partial charge in [-0.15, -0.1) is 0 Å². The molecule has 5 heteroatoms. The minimum atomic E-state index is -0.206. The van der Waals surface area contributed by atoms with Gasteiger partial charge in [-0.25, -0.2) is 4.39 Å². The van der Waals surface area contributed by atoms with E-state index in [0.29, 0.717) is 11.6 Å². The Balaban J connectivity index is 1.60. The van der Waals surface area contributed by atoms with Crippen molar-refractivity contribution in [2.24, 2.45) is 0 Å². The first-order valence-corrected chi connectivity index (χ1v) is 10.4. The number of halogens is 2. The van der Waals surface area contributed by atoms with E-state index in [1.807, 2.05) is 43.3 Å². The molecular weight excluding hydrogens is 387 g/mol. The maximum absolute atomic E-state index is 13.5. The Bertz CT molecular complexity index is 984. The molecular formula is C24H26ClFN2O. The number of piperidine rings is 1. The first-order valence-electron chi connectivity index (χ1n) is 10.1. The van der Waals surface area contributed by atoms with E-state index < -0.39 is 0 Å². The monoisotopic (exact) mass is 412 g/mol. The largest absolute Gasteiger partial charge is 0.373 e. The van der Waals surface area contributed by atoms with E-state index in [1.165, 1.54) is 0 Å². The highest BCUT2D eigenvalue weighted by molar-refractivity contribution is 6.31. The Hall–Kier alpha value is -2.01. The van der Waals surface area contributed by atoms with Crippen LogP contribution >= 0.6 is 11.6 Å². The number of ether oxygens (including phenoxy) is 1. The summed E-state index contributed by atoms with van der Waals surface area (Å²) in [5.41, 5.74) is 2.95. The molecule has 2 heterocycles. The normalized spacial score (nSPS) is 18.1. The maximum Gasteiger partial charge on any atom is 0.123 e. The molecule has 3 nitrogen and oxygen atoms in total. The van der Waals surface area contributed by atoms with Crippen molar-refractivity contribution in [3.05, 3.63) is 76.7 Å². The van der Waals surface area contributed by atoms with E-state index in [4.69, 9.17) is 16.3 Å². The lowest BCUT2D eigenvalue weighted by molar-refractivity contribution is 0.00697. The quantitative estimate of drug-likeness (QED) is 0.532. The Labute approximate surface area is 176 Å². The summed E-state index contributed by atoms with van der Waals surface area (Å²) in [4.78, 5) is 6.88. The number of hydrogen-bond acceptors (Lipinski definition) is 3. The van der Waals surface area contributed by atoms with Gasteiger partial charge in [0, 0.05) is 27.6 Å². The number of aromatic nitrogens is 1. The van der Waals surface area contributed by atoms with Crippen molar-refractivity contribution in [1.29, 1.82) is 0 Å². The second-order valence-corrected chi connectivity index (χ2v) is 8.55. The molecule has 152 valence electrons. The molecule has 0 spiro atoms. The second-order valence-electron chi connectivity index (χ2n) is 8.11. The van der Waals surface area contributed by atoms with Crippen molar-refractivity contribution in [3.8, 4) is 0 Å². The Kier molecular flexibility index (Phi) is 5.86. The van der Waals surface area contributed by atoms with Crippen molar-refractivity contribution >= 4 is 22.5 Å². The molecule has 1 unspecified atom stereocenters. The molecule has 1 saturated heterocycles. The lowest BCUT2D eigenvalue weighted by Gasteiger charge is -2.41. The van der Waals surface area contributed by atoms with Gasteiger partial charge in [0.1, 0.15) is 5.82 Å². The van der Waals surface area contributed by atoms with Gasteiger partial charge in [-0.2, -0.15) is 0 Å². The molecule has 0 saturated carbocycles. The van der Waals surface area contributed by atoms with Crippen LogP contribution in [0.2, 0.25) is 5.02 Å². The lowest BCUT2D eigenvalue weighted by atomic mass is 9.73. The summed E-state index contributed by atoms with van der Waals surface area (Å²) in [7, 11) is 2.14. The molecule has 3 aromatic rings. The molecule has 1 atom stereocenters. The third-order valence-corrected chi connectivity index (χ3v) is 6.37. The third kappa shape index (κ3) is 4.30. The van der Waals surface area contributed by atoms with Crippen LogP contribution < -0.4 is 0 Å². The van der Waals surface area contributed by atoms with Gasteiger partial charge in [0.05, 0.1) is 18.2 Å². The van der Waals surface area contributed by atoms with Crippen molar-refractivity contribution in [3.63, 3.8) is 0 Å². The molecule has 1 fully saturated rings. The summed E-state index contributed by atoms with van der Waals surface area (Å²) in [5, 5.41) is 1.70. The SMILES string of the molecule is CC(OCC1(c2ccc(F)cc2)CCN(C)CC1)c1cc(Cl)cc2cccnc12. The van der Waals surface area contributed by atoms with Crippen LogP contribution in [0.3, 0.4) is 0 Å². The first-order chi connectivity index (χ1) is 14.0. The Morgan fingerprint density at radius 3 is 2.62 bits per heavy atom. The summed E-state index contributed by atoms with van der Waals surface area (Å²) in [6.45, 7) is 4.62. The molecule has 0 aliphatic carbocycles. The van der Waals surface area contributed by atoms with Gasteiger partial charge in [-0.1, -0.05) is 29.8 Å². The van der Waals surface area contributed by atoms with E-state index >= 15 is 0 Å². The summed E-state index contributed by atoms with van der Waals surface area (Å²) < 4.78 is 19.9. The zero-order valence-corrected chi connectivity index (χ0v) is 17.6. The van der Waals surface area contributed by atoms with Gasteiger partial charge >= 0.3 is 0 Å². The van der Waals surface area contributed by atoms with Crippen LogP contribution in [0.1, 0.15) is 37.0 Å². The fourth-order valence-electron chi connectivity index (χ4n) is 4.23. The number of hydrogen-bond donors (Lipinski definition) is 0. The van der Waals surface area contributed by atoms with Gasteiger partial charge in [-0.05, 0) is 75.8 Å². The highest BCUT2D eigenvalue weighted by Gasteiger charge is 2.36. The lowest BCUT2D eigenvalue weighted by Crippen LogP contribution is -2.44. The number of likely N-dealkylation sites (tertiary alicyclic amines) is 1. The fraction of sp³-hybridized carbons (Fsp3) is 0.375. The summed E-state index contributed by atoms with van der Waals surface area (Å²) >= 11 is 6.35. The van der Waals surface area contributed by atoms with E-state index in [9.17, 15) is 4.39 Å². The van der Waals surface area contributed by atoms with E-state index in [2.05, 4.69) is 16.9 Å². The average molecular weight is 413 g/mol. The van der Waals surface area contributed by atoms with Gasteiger partial charge in [0.15, 0.2) is 0 Å². The fourth-order valence-corrected chi connectivity index (χ4v) is 4.47. The summed E-state index contributed by atoms with van der Waals surface area (Å²) in [6.07, 6.45) is 3.61. The van der Waals surface area contributed by atoms with Gasteiger partial charge in [0.2, 0.25) is 0 Å². The maximum atomic E-state index is 13.5. The summed E-state index contributed by atoms with van der Waals surface area (Å²) in [6, 6.07) is 14.7. The average Bonchev–Trinajstić information content (AvgIpc) is 2.73. The first kappa shape index (κ1) is 20.3. The van der Waals surface area contributed by atoms with Crippen LogP contribution in [0.4, 0.5) is 4.39 Å². The molecule has 2 aromatic carbocycles. The van der Waals surface area contributed by atoms with Crippen LogP contribution in [-0.2, 0) is 10.2 Å². The van der Waals surface area contributed by atoms with Crippen LogP contribution in [0, 0.1) is 5.82 Å². The van der Waals surface area contributed by atoms with E-state index in [0.717, 1.165) is 48.0 Å². The highest BCUT2D eigenvalue weighted by Crippen LogP contribution is 2.38. The Morgan fingerprint density at radius 1 is 1.17 bits per heavy atom. The van der Waals surface area contributed by atoms with Crippen molar-refractivity contribution in [1.82, 2.24) is 9.88 Å². The number of rotatable bonds is 5. The minimum absolute atomic E-state index is 0.115. The molecule has 0 radical (unpaired) electrons. The predicted molar refractivity (Wildman–Crippen MR) is 116 cm³/mol. The van der Waals surface area contributed by atoms with Gasteiger partial charge in [-0.3, -0.25) is 4.98 Å². The molecule has 4 rings (SSSR count). The second kappa shape index (κ2) is 8.39. The number of benzene rings is 2. The van der Waals surface area contributed by atoms with Crippen LogP contribution in [-0.4, -0.2) is 36.6 Å². The van der Waals surface area contributed by atoms with Crippen molar-refractivity contribution in [2.45, 2.75) is 31.3 Å².